The van der Waals surface area contributed by atoms with Crippen molar-refractivity contribution in [2.24, 2.45) is 5.92 Å². The normalized spacial score (nSPS) is 12.1. The number of nitrogens with two attached hydrogens (primary N) is 1. The topological polar surface area (TPSA) is 73.0 Å². The van der Waals surface area contributed by atoms with Gasteiger partial charge in [0.1, 0.15) is 10.7 Å². The third-order valence-corrected chi connectivity index (χ3v) is 4.95. The standard InChI is InChI=1S/C13H22N2O2S/c1-6-18(16,17)12-9(4)11(7-8(2)3)10(5)15-13(12)14/h8H,6-7H2,1-5H3,(H2,14,15). The van der Waals surface area contributed by atoms with Crippen molar-refractivity contribution >= 4 is 15.7 Å². The van der Waals surface area contributed by atoms with Gasteiger partial charge in [-0.2, -0.15) is 0 Å². The van der Waals surface area contributed by atoms with Crippen LogP contribution in [-0.2, 0) is 16.3 Å². The maximum atomic E-state index is 12.1. The summed E-state index contributed by atoms with van der Waals surface area (Å²) in [4.78, 5) is 4.41. The van der Waals surface area contributed by atoms with Gasteiger partial charge in [-0.05, 0) is 37.3 Å². The Labute approximate surface area is 110 Å². The highest BCUT2D eigenvalue weighted by atomic mass is 32.2. The summed E-state index contributed by atoms with van der Waals surface area (Å²) in [5, 5.41) is 0. The summed E-state index contributed by atoms with van der Waals surface area (Å²) in [6.07, 6.45) is 0.817. The number of hydrogen-bond donors (Lipinski definition) is 1. The molecule has 1 aromatic rings. The molecule has 4 nitrogen and oxygen atoms in total. The van der Waals surface area contributed by atoms with Crippen LogP contribution in [0.1, 0.15) is 37.6 Å². The number of rotatable bonds is 4. The van der Waals surface area contributed by atoms with Crippen molar-refractivity contribution in [2.75, 3.05) is 11.5 Å². The van der Waals surface area contributed by atoms with E-state index >= 15 is 0 Å². The summed E-state index contributed by atoms with van der Waals surface area (Å²) in [5.41, 5.74) is 8.39. The molecule has 0 spiro atoms. The quantitative estimate of drug-likeness (QED) is 0.911. The van der Waals surface area contributed by atoms with Gasteiger partial charge in [0.2, 0.25) is 0 Å². The molecule has 102 valence electrons. The van der Waals surface area contributed by atoms with E-state index in [2.05, 4.69) is 18.8 Å². The monoisotopic (exact) mass is 270 g/mol. The molecule has 0 aromatic carbocycles. The molecule has 18 heavy (non-hydrogen) atoms. The molecule has 1 rings (SSSR count). The van der Waals surface area contributed by atoms with Crippen molar-refractivity contribution in [3.05, 3.63) is 16.8 Å². The Morgan fingerprint density at radius 1 is 1.28 bits per heavy atom. The van der Waals surface area contributed by atoms with Crippen LogP contribution in [0, 0.1) is 19.8 Å². The highest BCUT2D eigenvalue weighted by molar-refractivity contribution is 7.91. The Morgan fingerprint density at radius 2 is 1.83 bits per heavy atom. The highest BCUT2D eigenvalue weighted by Crippen LogP contribution is 2.28. The number of aryl methyl sites for hydroxylation is 1. The van der Waals surface area contributed by atoms with E-state index in [1.165, 1.54) is 0 Å². The van der Waals surface area contributed by atoms with Gasteiger partial charge in [0.15, 0.2) is 9.84 Å². The fraction of sp³-hybridized carbons (Fsp3) is 0.615. The van der Waals surface area contributed by atoms with Crippen LogP contribution in [-0.4, -0.2) is 19.2 Å². The molecule has 5 heteroatoms. The van der Waals surface area contributed by atoms with E-state index in [0.717, 1.165) is 23.2 Å². The molecule has 0 fully saturated rings. The van der Waals surface area contributed by atoms with Crippen LogP contribution in [0.5, 0.6) is 0 Å². The average Bonchev–Trinajstić information content (AvgIpc) is 2.23. The van der Waals surface area contributed by atoms with Gasteiger partial charge >= 0.3 is 0 Å². The molecule has 0 aliphatic rings. The second kappa shape index (κ2) is 5.26. The van der Waals surface area contributed by atoms with Crippen molar-refractivity contribution in [3.63, 3.8) is 0 Å². The Morgan fingerprint density at radius 3 is 2.28 bits per heavy atom. The van der Waals surface area contributed by atoms with Crippen molar-refractivity contribution < 1.29 is 8.42 Å². The lowest BCUT2D eigenvalue weighted by atomic mass is 9.97. The summed E-state index contributed by atoms with van der Waals surface area (Å²) < 4.78 is 24.1. The largest absolute Gasteiger partial charge is 0.383 e. The first-order valence-corrected chi connectivity index (χ1v) is 7.84. The number of sulfone groups is 1. The van der Waals surface area contributed by atoms with Crippen LogP contribution in [0.2, 0.25) is 0 Å². The summed E-state index contributed by atoms with van der Waals surface area (Å²) in [6, 6.07) is 0. The first-order chi connectivity index (χ1) is 8.20. The molecule has 0 atom stereocenters. The van der Waals surface area contributed by atoms with Gasteiger partial charge in [-0.3, -0.25) is 0 Å². The molecule has 0 saturated carbocycles. The third kappa shape index (κ3) is 2.83. The molecule has 0 saturated heterocycles. The van der Waals surface area contributed by atoms with Crippen molar-refractivity contribution in [1.29, 1.82) is 0 Å². The van der Waals surface area contributed by atoms with E-state index in [9.17, 15) is 8.42 Å². The van der Waals surface area contributed by atoms with Crippen LogP contribution in [0.15, 0.2) is 4.90 Å². The summed E-state index contributed by atoms with van der Waals surface area (Å²) in [5.74, 6) is 0.619. The SMILES string of the molecule is CCS(=O)(=O)c1c(N)nc(C)c(CC(C)C)c1C. The Kier molecular flexibility index (Phi) is 4.37. The van der Waals surface area contributed by atoms with Gasteiger partial charge in [-0.15, -0.1) is 0 Å². The number of aromatic nitrogens is 1. The molecule has 0 radical (unpaired) electrons. The van der Waals surface area contributed by atoms with E-state index < -0.39 is 9.84 Å². The number of pyridine rings is 1. The van der Waals surface area contributed by atoms with E-state index in [1.54, 1.807) is 6.92 Å². The molecular formula is C13H22N2O2S. The van der Waals surface area contributed by atoms with E-state index in [1.807, 2.05) is 13.8 Å². The van der Waals surface area contributed by atoms with Crippen molar-refractivity contribution in [1.82, 2.24) is 4.98 Å². The molecule has 1 heterocycles. The highest BCUT2D eigenvalue weighted by Gasteiger charge is 2.23. The first-order valence-electron chi connectivity index (χ1n) is 6.19. The number of hydrogen-bond acceptors (Lipinski definition) is 4. The number of nitrogens with zero attached hydrogens (tertiary/aromatic N) is 1. The molecule has 0 aliphatic carbocycles. The van der Waals surface area contributed by atoms with Gasteiger partial charge in [0, 0.05) is 5.69 Å². The molecule has 1 aromatic heterocycles. The van der Waals surface area contributed by atoms with Gasteiger partial charge in [-0.25, -0.2) is 13.4 Å². The Hall–Kier alpha value is -1.10. The van der Waals surface area contributed by atoms with Crippen LogP contribution >= 0.6 is 0 Å². The lowest BCUT2D eigenvalue weighted by Crippen LogP contribution is -2.15. The second-order valence-electron chi connectivity index (χ2n) is 5.02. The zero-order chi connectivity index (χ0) is 14.1. The van der Waals surface area contributed by atoms with Crippen LogP contribution < -0.4 is 5.73 Å². The summed E-state index contributed by atoms with van der Waals surface area (Å²) in [7, 11) is -3.32. The van der Waals surface area contributed by atoms with Gasteiger partial charge < -0.3 is 5.73 Å². The average molecular weight is 270 g/mol. The van der Waals surface area contributed by atoms with Crippen LogP contribution in [0.4, 0.5) is 5.82 Å². The second-order valence-corrected chi connectivity index (χ2v) is 7.23. The molecular weight excluding hydrogens is 248 g/mol. The molecule has 0 unspecified atom stereocenters. The molecule has 0 bridgehead atoms. The zero-order valence-corrected chi connectivity index (χ0v) is 12.6. The van der Waals surface area contributed by atoms with Crippen LogP contribution in [0.25, 0.3) is 0 Å². The predicted octanol–water partition coefficient (Wildman–Crippen LogP) is 2.27. The van der Waals surface area contributed by atoms with Gasteiger partial charge in [0.25, 0.3) is 0 Å². The lowest BCUT2D eigenvalue weighted by molar-refractivity contribution is 0.595. The third-order valence-electron chi connectivity index (χ3n) is 3.05. The number of nitrogen functional groups attached to an aromatic ring is 1. The minimum absolute atomic E-state index is 0.0455. The van der Waals surface area contributed by atoms with Crippen molar-refractivity contribution in [2.45, 2.75) is 45.9 Å². The number of anilines is 1. The van der Waals surface area contributed by atoms with Crippen LogP contribution in [0.3, 0.4) is 0 Å². The zero-order valence-electron chi connectivity index (χ0n) is 11.7. The van der Waals surface area contributed by atoms with Gasteiger partial charge in [0.05, 0.1) is 5.75 Å². The predicted molar refractivity (Wildman–Crippen MR) is 74.4 cm³/mol. The maximum Gasteiger partial charge on any atom is 0.182 e. The Bertz CT molecular complexity index is 549. The lowest BCUT2D eigenvalue weighted by Gasteiger charge is -2.17. The molecule has 2 N–H and O–H groups in total. The Balaban J connectivity index is 3.55. The first kappa shape index (κ1) is 15.0. The minimum atomic E-state index is -3.32. The van der Waals surface area contributed by atoms with E-state index in [4.69, 9.17) is 5.73 Å². The van der Waals surface area contributed by atoms with Crippen molar-refractivity contribution in [3.8, 4) is 0 Å². The fourth-order valence-electron chi connectivity index (χ4n) is 2.15. The molecule has 0 aliphatic heterocycles. The van der Waals surface area contributed by atoms with E-state index in [0.29, 0.717) is 5.92 Å². The molecule has 0 amide bonds. The smallest absolute Gasteiger partial charge is 0.182 e. The maximum absolute atomic E-state index is 12.1. The summed E-state index contributed by atoms with van der Waals surface area (Å²) in [6.45, 7) is 9.53. The summed E-state index contributed by atoms with van der Waals surface area (Å²) >= 11 is 0. The van der Waals surface area contributed by atoms with Gasteiger partial charge in [-0.1, -0.05) is 20.8 Å². The minimum Gasteiger partial charge on any atom is -0.383 e. The fourth-order valence-corrected chi connectivity index (χ4v) is 3.39. The van der Waals surface area contributed by atoms with E-state index in [-0.39, 0.29) is 16.5 Å².